The Bertz CT molecular complexity index is 1260. The van der Waals surface area contributed by atoms with E-state index in [1.54, 1.807) is 24.3 Å². The molecule has 1 aliphatic heterocycles. The maximum absolute atomic E-state index is 13.0. The summed E-state index contributed by atoms with van der Waals surface area (Å²) in [5, 5.41) is 0.871. The molecule has 2 heterocycles. The summed E-state index contributed by atoms with van der Waals surface area (Å²) in [6, 6.07) is 26.3. The van der Waals surface area contributed by atoms with Crippen LogP contribution in [-0.4, -0.2) is 16.8 Å². The molecule has 0 saturated carbocycles. The molecule has 0 bridgehead atoms. The van der Waals surface area contributed by atoms with E-state index in [1.165, 1.54) is 4.90 Å². The number of carbonyl (C=O) groups is 2. The summed E-state index contributed by atoms with van der Waals surface area (Å²) < 4.78 is 0. The molecule has 3 aromatic carbocycles. The quantitative estimate of drug-likeness (QED) is 0.462. The van der Waals surface area contributed by atoms with E-state index in [-0.39, 0.29) is 11.8 Å². The van der Waals surface area contributed by atoms with Gasteiger partial charge < -0.3 is 0 Å². The fourth-order valence-corrected chi connectivity index (χ4v) is 3.57. The van der Waals surface area contributed by atoms with E-state index in [1.807, 2.05) is 72.8 Å². The Morgan fingerprint density at radius 2 is 1.31 bits per heavy atom. The van der Waals surface area contributed by atoms with Crippen molar-refractivity contribution < 1.29 is 9.59 Å². The van der Waals surface area contributed by atoms with Crippen LogP contribution in [0.1, 0.15) is 32.0 Å². The van der Waals surface area contributed by atoms with Gasteiger partial charge in [-0.1, -0.05) is 66.7 Å². The first-order valence-electron chi connectivity index (χ1n) is 9.33. The second-order valence-corrected chi connectivity index (χ2v) is 6.82. The second-order valence-electron chi connectivity index (χ2n) is 6.82. The number of pyridine rings is 1. The van der Waals surface area contributed by atoms with Gasteiger partial charge in [0, 0.05) is 5.39 Å². The Morgan fingerprint density at radius 3 is 2.03 bits per heavy atom. The highest BCUT2D eigenvalue weighted by Crippen LogP contribution is 2.33. The number of hydrogen-bond acceptors (Lipinski definition) is 3. The Hall–Kier alpha value is -4.05. The highest BCUT2D eigenvalue weighted by atomic mass is 16.2. The number of hydrogen-bond donors (Lipinski definition) is 0. The predicted octanol–water partition coefficient (Wildman–Crippen LogP) is 5.21. The number of para-hydroxylation sites is 1. The summed E-state index contributed by atoms with van der Waals surface area (Å²) in [5.74, 6) is -0.644. The van der Waals surface area contributed by atoms with Gasteiger partial charge in [-0.3, -0.25) is 9.59 Å². The lowest BCUT2D eigenvalue weighted by atomic mass is 10.1. The van der Waals surface area contributed by atoms with Crippen LogP contribution in [-0.2, 0) is 0 Å². The van der Waals surface area contributed by atoms with Gasteiger partial charge in [-0.15, -0.1) is 0 Å². The lowest BCUT2D eigenvalue weighted by Crippen LogP contribution is -2.30. The van der Waals surface area contributed by atoms with Crippen molar-refractivity contribution in [2.45, 2.75) is 0 Å². The summed E-state index contributed by atoms with van der Waals surface area (Å²) in [6.07, 6.45) is 3.78. The maximum Gasteiger partial charge on any atom is 0.266 e. The van der Waals surface area contributed by atoms with E-state index < -0.39 is 0 Å². The molecular formula is C25H16N2O2. The Labute approximate surface area is 167 Å². The Balaban J connectivity index is 1.68. The summed E-state index contributed by atoms with van der Waals surface area (Å²) in [7, 11) is 0. The summed E-state index contributed by atoms with van der Waals surface area (Å²) in [4.78, 5) is 32.0. The molecule has 0 fully saturated rings. The molecule has 0 atom stereocenters. The van der Waals surface area contributed by atoms with Gasteiger partial charge in [0.25, 0.3) is 11.8 Å². The molecule has 4 nitrogen and oxygen atoms in total. The molecule has 138 valence electrons. The average Bonchev–Trinajstić information content (AvgIpc) is 3.03. The highest BCUT2D eigenvalue weighted by molar-refractivity contribution is 6.35. The van der Waals surface area contributed by atoms with Crippen LogP contribution < -0.4 is 4.90 Å². The lowest BCUT2D eigenvalue weighted by Gasteiger charge is -2.17. The van der Waals surface area contributed by atoms with E-state index in [0.29, 0.717) is 22.5 Å². The van der Waals surface area contributed by atoms with Gasteiger partial charge in [0.05, 0.1) is 28.0 Å². The van der Waals surface area contributed by atoms with Gasteiger partial charge in [-0.05, 0) is 35.9 Å². The standard InChI is InChI=1S/C25H16N2O2/c28-24-19-11-5-6-12-20(19)25(29)27(24)23-16-18-10-4-7-13-21(18)26-22(23)15-14-17-8-2-1-3-9-17/h1-16H/b15-14+. The van der Waals surface area contributed by atoms with Gasteiger partial charge in [-0.2, -0.15) is 0 Å². The minimum absolute atomic E-state index is 0.322. The van der Waals surface area contributed by atoms with Gasteiger partial charge >= 0.3 is 0 Å². The Morgan fingerprint density at radius 1 is 0.690 bits per heavy atom. The lowest BCUT2D eigenvalue weighted by molar-refractivity contribution is 0.0926. The molecule has 2 amide bonds. The zero-order chi connectivity index (χ0) is 19.8. The first kappa shape index (κ1) is 17.1. The second kappa shape index (κ2) is 6.84. The SMILES string of the molecule is O=C1c2ccccc2C(=O)N1c1cc2ccccc2nc1/C=C/c1ccccc1. The number of nitrogens with zero attached hydrogens (tertiary/aromatic N) is 2. The number of benzene rings is 3. The van der Waals surface area contributed by atoms with Crippen LogP contribution in [0.4, 0.5) is 5.69 Å². The average molecular weight is 376 g/mol. The third-order valence-electron chi connectivity index (χ3n) is 5.00. The van der Waals surface area contributed by atoms with Crippen molar-refractivity contribution in [3.05, 3.63) is 107 Å². The minimum atomic E-state index is -0.322. The number of imide groups is 1. The number of anilines is 1. The van der Waals surface area contributed by atoms with Crippen molar-refractivity contribution >= 4 is 40.6 Å². The number of fused-ring (bicyclic) bond motifs is 2. The van der Waals surface area contributed by atoms with Crippen LogP contribution in [0.5, 0.6) is 0 Å². The number of aromatic nitrogens is 1. The number of carbonyl (C=O) groups excluding carboxylic acids is 2. The zero-order valence-corrected chi connectivity index (χ0v) is 15.4. The minimum Gasteiger partial charge on any atom is -0.268 e. The van der Waals surface area contributed by atoms with Crippen LogP contribution in [0.15, 0.2) is 84.9 Å². The highest BCUT2D eigenvalue weighted by Gasteiger charge is 2.37. The van der Waals surface area contributed by atoms with Crippen molar-refractivity contribution in [1.82, 2.24) is 4.98 Å². The summed E-state index contributed by atoms with van der Waals surface area (Å²) in [6.45, 7) is 0. The third-order valence-corrected chi connectivity index (χ3v) is 5.00. The molecule has 4 aromatic rings. The van der Waals surface area contributed by atoms with E-state index >= 15 is 0 Å². The summed E-state index contributed by atoms with van der Waals surface area (Å²) in [5.41, 5.74) is 3.72. The molecule has 0 unspecified atom stereocenters. The Kier molecular flexibility index (Phi) is 4.03. The van der Waals surface area contributed by atoms with Crippen LogP contribution in [0, 0.1) is 0 Å². The predicted molar refractivity (Wildman–Crippen MR) is 115 cm³/mol. The van der Waals surface area contributed by atoms with E-state index in [2.05, 4.69) is 0 Å². The fourth-order valence-electron chi connectivity index (χ4n) is 3.57. The van der Waals surface area contributed by atoms with E-state index in [4.69, 9.17) is 4.98 Å². The molecule has 29 heavy (non-hydrogen) atoms. The van der Waals surface area contributed by atoms with Crippen LogP contribution >= 0.6 is 0 Å². The summed E-state index contributed by atoms with van der Waals surface area (Å²) >= 11 is 0. The normalized spacial score (nSPS) is 13.4. The van der Waals surface area contributed by atoms with E-state index in [9.17, 15) is 9.59 Å². The molecule has 0 radical (unpaired) electrons. The van der Waals surface area contributed by atoms with Gasteiger partial charge in [-0.25, -0.2) is 9.88 Å². The van der Waals surface area contributed by atoms with Crippen molar-refractivity contribution in [2.75, 3.05) is 4.90 Å². The molecule has 0 spiro atoms. The zero-order valence-electron chi connectivity index (χ0n) is 15.4. The molecular weight excluding hydrogens is 360 g/mol. The van der Waals surface area contributed by atoms with Crippen molar-refractivity contribution in [3.63, 3.8) is 0 Å². The molecule has 5 rings (SSSR count). The first-order valence-corrected chi connectivity index (χ1v) is 9.33. The van der Waals surface area contributed by atoms with Gasteiger partial charge in [0.15, 0.2) is 0 Å². The maximum atomic E-state index is 13.0. The molecule has 4 heteroatoms. The molecule has 0 aliphatic carbocycles. The fraction of sp³-hybridized carbons (Fsp3) is 0. The first-order chi connectivity index (χ1) is 14.2. The third kappa shape index (κ3) is 2.91. The smallest absolute Gasteiger partial charge is 0.266 e. The van der Waals surface area contributed by atoms with E-state index in [0.717, 1.165) is 16.5 Å². The molecule has 1 aromatic heterocycles. The molecule has 0 saturated heterocycles. The topological polar surface area (TPSA) is 50.3 Å². The monoisotopic (exact) mass is 376 g/mol. The number of amides is 2. The van der Waals surface area contributed by atoms with Crippen LogP contribution in [0.3, 0.4) is 0 Å². The van der Waals surface area contributed by atoms with Crippen molar-refractivity contribution in [3.8, 4) is 0 Å². The number of rotatable bonds is 3. The van der Waals surface area contributed by atoms with Crippen LogP contribution in [0.25, 0.3) is 23.1 Å². The van der Waals surface area contributed by atoms with Crippen molar-refractivity contribution in [2.24, 2.45) is 0 Å². The largest absolute Gasteiger partial charge is 0.268 e. The van der Waals surface area contributed by atoms with Gasteiger partial charge in [0.1, 0.15) is 0 Å². The van der Waals surface area contributed by atoms with Crippen molar-refractivity contribution in [1.29, 1.82) is 0 Å². The molecule has 0 N–H and O–H groups in total. The van der Waals surface area contributed by atoms with Gasteiger partial charge in [0.2, 0.25) is 0 Å². The molecule has 1 aliphatic rings. The van der Waals surface area contributed by atoms with Crippen LogP contribution in [0.2, 0.25) is 0 Å².